The molecule has 0 fully saturated rings. The van der Waals surface area contributed by atoms with Crippen LogP contribution in [-0.2, 0) is 0 Å². The number of aliphatic imine (C=N–C) groups is 1. The van der Waals surface area contributed by atoms with Crippen molar-refractivity contribution in [3.05, 3.63) is 22.4 Å². The van der Waals surface area contributed by atoms with E-state index in [4.69, 9.17) is 4.99 Å². The maximum atomic E-state index is 4.76. The fourth-order valence-corrected chi connectivity index (χ4v) is 3.25. The minimum atomic E-state index is 0.172. The van der Waals surface area contributed by atoms with Gasteiger partial charge >= 0.3 is 0 Å². The average Bonchev–Trinajstić information content (AvgIpc) is 2.94. The molecule has 1 rings (SSSR count). The maximum absolute atomic E-state index is 4.76. The molecule has 5 heteroatoms. The molecule has 22 heavy (non-hydrogen) atoms. The summed E-state index contributed by atoms with van der Waals surface area (Å²) in [6.07, 6.45) is 0. The van der Waals surface area contributed by atoms with E-state index < -0.39 is 0 Å². The van der Waals surface area contributed by atoms with Gasteiger partial charge in [-0.05, 0) is 37.9 Å². The van der Waals surface area contributed by atoms with Crippen LogP contribution in [0.25, 0.3) is 0 Å². The van der Waals surface area contributed by atoms with Crippen molar-refractivity contribution in [1.29, 1.82) is 0 Å². The molecule has 0 spiro atoms. The summed E-state index contributed by atoms with van der Waals surface area (Å²) in [5.74, 6) is 1.41. The molecule has 1 heterocycles. The summed E-state index contributed by atoms with van der Waals surface area (Å²) in [5.41, 5.74) is 0.172. The highest BCUT2D eigenvalue weighted by Gasteiger charge is 2.18. The molecule has 0 saturated heterocycles. The van der Waals surface area contributed by atoms with Gasteiger partial charge in [0.05, 0.1) is 0 Å². The zero-order valence-electron chi connectivity index (χ0n) is 14.9. The summed E-state index contributed by atoms with van der Waals surface area (Å²) in [4.78, 5) is 8.39. The van der Waals surface area contributed by atoms with Gasteiger partial charge in [0.25, 0.3) is 0 Å². The molecule has 1 atom stereocenters. The topological polar surface area (TPSA) is 39.7 Å². The lowest BCUT2D eigenvalue weighted by Crippen LogP contribution is -2.40. The molecule has 0 bridgehead atoms. The van der Waals surface area contributed by atoms with E-state index >= 15 is 0 Å². The van der Waals surface area contributed by atoms with Gasteiger partial charge in [-0.25, -0.2) is 0 Å². The van der Waals surface area contributed by atoms with E-state index in [-0.39, 0.29) is 5.41 Å². The largest absolute Gasteiger partial charge is 0.357 e. The Morgan fingerprint density at radius 2 is 2.09 bits per heavy atom. The Balaban J connectivity index is 2.55. The molecule has 0 aliphatic heterocycles. The Bertz CT molecular complexity index is 438. The molecule has 0 amide bonds. The lowest BCUT2D eigenvalue weighted by Gasteiger charge is -2.27. The third-order valence-electron chi connectivity index (χ3n) is 3.36. The molecule has 126 valence electrons. The molecule has 1 unspecified atom stereocenters. The first-order valence-corrected chi connectivity index (χ1v) is 8.92. The first-order valence-electron chi connectivity index (χ1n) is 8.04. The molecular formula is C17H32N4S. The first kappa shape index (κ1) is 19.0. The van der Waals surface area contributed by atoms with Crippen LogP contribution in [0, 0.1) is 5.41 Å². The Morgan fingerprint density at radius 3 is 2.64 bits per heavy atom. The maximum Gasteiger partial charge on any atom is 0.191 e. The van der Waals surface area contributed by atoms with Gasteiger partial charge in [0.1, 0.15) is 0 Å². The molecular weight excluding hydrogens is 292 g/mol. The van der Waals surface area contributed by atoms with Crippen LogP contribution >= 0.6 is 11.3 Å². The van der Waals surface area contributed by atoms with Gasteiger partial charge in [-0.3, -0.25) is 4.99 Å². The predicted molar refractivity (Wildman–Crippen MR) is 99.1 cm³/mol. The summed E-state index contributed by atoms with van der Waals surface area (Å²) >= 11 is 1.81. The van der Waals surface area contributed by atoms with Gasteiger partial charge in [-0.1, -0.05) is 26.8 Å². The number of nitrogens with one attached hydrogen (secondary N) is 2. The number of hydrogen-bond donors (Lipinski definition) is 2. The quantitative estimate of drug-likeness (QED) is 0.570. The van der Waals surface area contributed by atoms with Gasteiger partial charge in [-0.15, -0.1) is 11.3 Å². The third-order valence-corrected chi connectivity index (χ3v) is 4.46. The Morgan fingerprint density at radius 1 is 1.36 bits per heavy atom. The Labute approximate surface area is 140 Å². The van der Waals surface area contributed by atoms with E-state index in [9.17, 15) is 0 Å². The van der Waals surface area contributed by atoms with Gasteiger partial charge in [-0.2, -0.15) is 0 Å². The van der Waals surface area contributed by atoms with Crippen molar-refractivity contribution in [3.8, 4) is 0 Å². The van der Waals surface area contributed by atoms with Gasteiger partial charge < -0.3 is 15.5 Å². The summed E-state index contributed by atoms with van der Waals surface area (Å²) in [5, 5.41) is 8.94. The van der Waals surface area contributed by atoms with Crippen LogP contribution in [0.4, 0.5) is 0 Å². The molecule has 2 N–H and O–H groups in total. The average molecular weight is 325 g/mol. The third kappa shape index (κ3) is 7.27. The number of guanidine groups is 1. The van der Waals surface area contributed by atoms with Crippen LogP contribution in [0.2, 0.25) is 0 Å². The lowest BCUT2D eigenvalue weighted by atomic mass is 9.93. The van der Waals surface area contributed by atoms with E-state index in [0.717, 1.165) is 32.1 Å². The van der Waals surface area contributed by atoms with Gasteiger partial charge in [0.2, 0.25) is 0 Å². The second-order valence-electron chi connectivity index (χ2n) is 6.89. The second-order valence-corrected chi connectivity index (χ2v) is 7.87. The van der Waals surface area contributed by atoms with E-state index in [0.29, 0.717) is 5.92 Å². The molecule has 1 aromatic rings. The first-order chi connectivity index (χ1) is 10.3. The normalized spacial score (nSPS) is 14.2. The summed E-state index contributed by atoms with van der Waals surface area (Å²) in [6.45, 7) is 12.5. The smallest absolute Gasteiger partial charge is 0.191 e. The molecule has 0 saturated carbocycles. The zero-order chi connectivity index (χ0) is 16.6. The van der Waals surface area contributed by atoms with E-state index in [1.54, 1.807) is 0 Å². The van der Waals surface area contributed by atoms with Crippen molar-refractivity contribution in [2.24, 2.45) is 10.4 Å². The van der Waals surface area contributed by atoms with Crippen molar-refractivity contribution in [1.82, 2.24) is 15.5 Å². The van der Waals surface area contributed by atoms with E-state index in [1.807, 2.05) is 11.3 Å². The molecule has 4 nitrogen and oxygen atoms in total. The molecule has 1 aromatic heterocycles. The highest BCUT2D eigenvalue weighted by atomic mass is 32.1. The highest BCUT2D eigenvalue weighted by molar-refractivity contribution is 7.10. The number of nitrogens with zero attached hydrogens (tertiary/aromatic N) is 2. The van der Waals surface area contributed by atoms with Crippen molar-refractivity contribution in [3.63, 3.8) is 0 Å². The van der Waals surface area contributed by atoms with Crippen molar-refractivity contribution >= 4 is 17.3 Å². The van der Waals surface area contributed by atoms with Crippen LogP contribution < -0.4 is 10.6 Å². The van der Waals surface area contributed by atoms with Crippen molar-refractivity contribution in [2.45, 2.75) is 33.6 Å². The van der Waals surface area contributed by atoms with Crippen LogP contribution in [-0.4, -0.2) is 51.1 Å². The fourth-order valence-electron chi connectivity index (χ4n) is 2.46. The number of thiophene rings is 1. The summed E-state index contributed by atoms with van der Waals surface area (Å²) < 4.78 is 0. The minimum Gasteiger partial charge on any atom is -0.357 e. The Hall–Kier alpha value is -1.07. The molecule has 0 aliphatic carbocycles. The van der Waals surface area contributed by atoms with Gasteiger partial charge in [0, 0.05) is 37.0 Å². The Kier molecular flexibility index (Phi) is 7.90. The second kappa shape index (κ2) is 9.16. The molecule has 0 radical (unpaired) electrons. The highest BCUT2D eigenvalue weighted by Crippen LogP contribution is 2.19. The fraction of sp³-hybridized carbons (Fsp3) is 0.706. The monoisotopic (exact) mass is 324 g/mol. The van der Waals surface area contributed by atoms with E-state index in [1.165, 1.54) is 4.88 Å². The van der Waals surface area contributed by atoms with Crippen LogP contribution in [0.1, 0.15) is 38.5 Å². The van der Waals surface area contributed by atoms with Crippen LogP contribution in [0.5, 0.6) is 0 Å². The molecule has 0 aliphatic rings. The summed E-state index contributed by atoms with van der Waals surface area (Å²) in [6, 6.07) is 4.31. The predicted octanol–water partition coefficient (Wildman–Crippen LogP) is 2.99. The van der Waals surface area contributed by atoms with E-state index in [2.05, 4.69) is 74.8 Å². The zero-order valence-corrected chi connectivity index (χ0v) is 15.8. The van der Waals surface area contributed by atoms with Gasteiger partial charge in [0.15, 0.2) is 5.96 Å². The van der Waals surface area contributed by atoms with Crippen LogP contribution in [0.3, 0.4) is 0 Å². The number of hydrogen-bond acceptors (Lipinski definition) is 3. The minimum absolute atomic E-state index is 0.172. The lowest BCUT2D eigenvalue weighted by molar-refractivity contribution is 0.248. The summed E-state index contributed by atoms with van der Waals surface area (Å²) in [7, 11) is 4.22. The standard InChI is InChI=1S/C17H32N4S/c1-7-18-16(20-12-17(3,4)13-21(5)6)19-11-14(2)15-9-8-10-22-15/h8-10,14H,7,11-13H2,1-6H3,(H2,18,19,20). The van der Waals surface area contributed by atoms with Crippen LogP contribution in [0.15, 0.2) is 22.5 Å². The van der Waals surface area contributed by atoms with Crippen molar-refractivity contribution < 1.29 is 0 Å². The van der Waals surface area contributed by atoms with Crippen molar-refractivity contribution in [2.75, 3.05) is 40.3 Å². The SMILES string of the molecule is CCNC(=NCC(C)(C)CN(C)C)NCC(C)c1cccs1. The molecule has 0 aromatic carbocycles. The number of rotatable bonds is 8.